The van der Waals surface area contributed by atoms with E-state index in [2.05, 4.69) is 51.5 Å². The largest absolute Gasteiger partial charge is 0.381 e. The Labute approximate surface area is 181 Å². The highest BCUT2D eigenvalue weighted by Crippen LogP contribution is 2.18. The Bertz CT molecular complexity index is 547. The zero-order valence-electron chi connectivity index (χ0n) is 17.0. The van der Waals surface area contributed by atoms with Crippen LogP contribution in [0, 0.1) is 5.92 Å². The van der Waals surface area contributed by atoms with Crippen LogP contribution in [-0.2, 0) is 11.3 Å². The van der Waals surface area contributed by atoms with Crippen molar-refractivity contribution in [2.45, 2.75) is 46.1 Å². The quantitative estimate of drug-likeness (QED) is 0.241. The van der Waals surface area contributed by atoms with Crippen LogP contribution in [0.1, 0.15) is 45.1 Å². The number of aromatic nitrogens is 1. The predicted octanol–water partition coefficient (Wildman–Crippen LogP) is 3.42. The molecule has 2 rings (SSSR count). The Morgan fingerprint density at radius 2 is 2.04 bits per heavy atom. The molecule has 0 spiro atoms. The molecule has 2 N–H and O–H groups in total. The Morgan fingerprint density at radius 1 is 1.26 bits per heavy atom. The van der Waals surface area contributed by atoms with Gasteiger partial charge in [0.25, 0.3) is 0 Å². The summed E-state index contributed by atoms with van der Waals surface area (Å²) in [6.45, 7) is 9.78. The van der Waals surface area contributed by atoms with Gasteiger partial charge in [0.15, 0.2) is 5.96 Å². The summed E-state index contributed by atoms with van der Waals surface area (Å²) >= 11 is 0. The lowest BCUT2D eigenvalue weighted by Gasteiger charge is -2.28. The van der Waals surface area contributed by atoms with Gasteiger partial charge in [-0.2, -0.15) is 0 Å². The summed E-state index contributed by atoms with van der Waals surface area (Å²) in [6, 6.07) is 4.25. The molecule has 1 saturated heterocycles. The lowest BCUT2D eigenvalue weighted by atomic mass is 10.1. The highest BCUT2D eigenvalue weighted by Gasteiger charge is 2.12. The predicted molar refractivity (Wildman–Crippen MR) is 124 cm³/mol. The van der Waals surface area contributed by atoms with Gasteiger partial charge in [-0.05, 0) is 49.3 Å². The van der Waals surface area contributed by atoms with Crippen molar-refractivity contribution in [3.8, 4) is 0 Å². The van der Waals surface area contributed by atoms with Crippen LogP contribution in [-0.4, -0.2) is 50.8 Å². The fraction of sp³-hybridized carbons (Fsp3) is 0.700. The Kier molecular flexibility index (Phi) is 12.4. The zero-order chi connectivity index (χ0) is 18.6. The second kappa shape index (κ2) is 14.0. The van der Waals surface area contributed by atoms with Crippen molar-refractivity contribution in [2.24, 2.45) is 10.9 Å². The average Bonchev–Trinajstić information content (AvgIpc) is 2.67. The maximum atomic E-state index is 5.60. The molecule has 27 heavy (non-hydrogen) atoms. The van der Waals surface area contributed by atoms with Gasteiger partial charge < -0.3 is 20.3 Å². The summed E-state index contributed by atoms with van der Waals surface area (Å²) in [5, 5.41) is 6.72. The van der Waals surface area contributed by atoms with E-state index in [1.54, 1.807) is 7.05 Å². The number of nitrogens with zero attached hydrogens (tertiary/aromatic N) is 3. The van der Waals surface area contributed by atoms with Crippen molar-refractivity contribution in [2.75, 3.05) is 44.8 Å². The number of anilines is 1. The third kappa shape index (κ3) is 9.60. The first-order valence-electron chi connectivity index (χ1n) is 9.91. The van der Waals surface area contributed by atoms with E-state index in [1.165, 1.54) is 24.8 Å². The summed E-state index contributed by atoms with van der Waals surface area (Å²) in [6.07, 6.45) is 6.75. The van der Waals surface area contributed by atoms with Crippen LogP contribution in [0.25, 0.3) is 0 Å². The molecule has 0 saturated carbocycles. The van der Waals surface area contributed by atoms with Crippen molar-refractivity contribution in [1.82, 2.24) is 15.6 Å². The van der Waals surface area contributed by atoms with Crippen LogP contribution < -0.4 is 15.5 Å². The minimum atomic E-state index is 0. The van der Waals surface area contributed by atoms with Crippen molar-refractivity contribution in [3.63, 3.8) is 0 Å². The van der Waals surface area contributed by atoms with Crippen LogP contribution >= 0.6 is 24.0 Å². The summed E-state index contributed by atoms with van der Waals surface area (Å²) in [5.74, 6) is 2.51. The second-order valence-electron chi connectivity index (χ2n) is 7.24. The normalized spacial score (nSPS) is 14.8. The van der Waals surface area contributed by atoms with E-state index in [9.17, 15) is 0 Å². The summed E-state index contributed by atoms with van der Waals surface area (Å²) in [7, 11) is 1.80. The van der Waals surface area contributed by atoms with Gasteiger partial charge in [0.2, 0.25) is 0 Å². The Hall–Kier alpha value is -1.09. The number of pyridine rings is 1. The lowest BCUT2D eigenvalue weighted by molar-refractivity contribution is 0.108. The highest BCUT2D eigenvalue weighted by molar-refractivity contribution is 14.0. The van der Waals surface area contributed by atoms with Gasteiger partial charge >= 0.3 is 0 Å². The summed E-state index contributed by atoms with van der Waals surface area (Å²) in [4.78, 5) is 11.2. The fourth-order valence-corrected chi connectivity index (χ4v) is 2.97. The van der Waals surface area contributed by atoms with E-state index in [0.29, 0.717) is 5.92 Å². The third-order valence-electron chi connectivity index (χ3n) is 4.38. The van der Waals surface area contributed by atoms with Gasteiger partial charge in [-0.15, -0.1) is 24.0 Å². The molecule has 1 fully saturated rings. The van der Waals surface area contributed by atoms with Crippen molar-refractivity contribution in [3.05, 3.63) is 23.9 Å². The molecule has 0 bridgehead atoms. The van der Waals surface area contributed by atoms with Crippen LogP contribution in [0.5, 0.6) is 0 Å². The summed E-state index contributed by atoms with van der Waals surface area (Å²) < 4.78 is 5.60. The zero-order valence-corrected chi connectivity index (χ0v) is 19.4. The number of piperidine rings is 1. The molecule has 0 radical (unpaired) electrons. The third-order valence-corrected chi connectivity index (χ3v) is 4.38. The van der Waals surface area contributed by atoms with Crippen LogP contribution in [0.15, 0.2) is 23.3 Å². The molecule has 0 aliphatic carbocycles. The van der Waals surface area contributed by atoms with E-state index >= 15 is 0 Å². The maximum absolute atomic E-state index is 5.60. The second-order valence-corrected chi connectivity index (χ2v) is 7.24. The Balaban J connectivity index is 0.00000364. The van der Waals surface area contributed by atoms with E-state index in [-0.39, 0.29) is 24.0 Å². The number of hydrogen-bond acceptors (Lipinski definition) is 4. The molecule has 0 atom stereocenters. The molecule has 2 heterocycles. The van der Waals surface area contributed by atoms with Crippen molar-refractivity contribution in [1.29, 1.82) is 0 Å². The average molecular weight is 489 g/mol. The van der Waals surface area contributed by atoms with E-state index in [4.69, 9.17) is 4.74 Å². The molecule has 0 unspecified atom stereocenters. The molecular weight excluding hydrogens is 453 g/mol. The molecular formula is C20H36IN5O. The fourth-order valence-electron chi connectivity index (χ4n) is 2.97. The van der Waals surface area contributed by atoms with Gasteiger partial charge in [-0.3, -0.25) is 4.99 Å². The highest BCUT2D eigenvalue weighted by atomic mass is 127. The molecule has 6 nitrogen and oxygen atoms in total. The maximum Gasteiger partial charge on any atom is 0.191 e. The van der Waals surface area contributed by atoms with E-state index in [0.717, 1.165) is 57.6 Å². The SMILES string of the molecule is CN=C(NCCCOCC(C)C)NCc1ccnc(N2CCCCC2)c1.I. The Morgan fingerprint density at radius 3 is 2.74 bits per heavy atom. The molecule has 154 valence electrons. The van der Waals surface area contributed by atoms with E-state index in [1.807, 2.05) is 6.20 Å². The number of aliphatic imine (C=N–C) groups is 1. The van der Waals surface area contributed by atoms with Crippen molar-refractivity contribution >= 4 is 35.8 Å². The molecule has 1 aliphatic rings. The van der Waals surface area contributed by atoms with Gasteiger partial charge in [0, 0.05) is 52.6 Å². The minimum absolute atomic E-state index is 0. The molecule has 1 aliphatic heterocycles. The molecule has 1 aromatic heterocycles. The number of guanidine groups is 1. The van der Waals surface area contributed by atoms with Crippen molar-refractivity contribution < 1.29 is 4.74 Å². The van der Waals surface area contributed by atoms with Gasteiger partial charge in [-0.1, -0.05) is 13.8 Å². The van der Waals surface area contributed by atoms with E-state index < -0.39 is 0 Å². The smallest absolute Gasteiger partial charge is 0.191 e. The molecule has 0 aromatic carbocycles. The van der Waals surface area contributed by atoms with Gasteiger partial charge in [0.05, 0.1) is 0 Å². The molecule has 0 amide bonds. The molecule has 7 heteroatoms. The van der Waals surface area contributed by atoms with Gasteiger partial charge in [-0.25, -0.2) is 4.98 Å². The van der Waals surface area contributed by atoms with Crippen LogP contribution in [0.4, 0.5) is 5.82 Å². The monoisotopic (exact) mass is 489 g/mol. The number of hydrogen-bond donors (Lipinski definition) is 2. The lowest BCUT2D eigenvalue weighted by Crippen LogP contribution is -2.37. The number of ether oxygens (including phenoxy) is 1. The standard InChI is InChI=1S/C20H35N5O.HI/c1-17(2)16-26-13-7-9-23-20(21-3)24-15-18-8-10-22-19(14-18)25-11-5-4-6-12-25;/h8,10,14,17H,4-7,9,11-13,15-16H2,1-3H3,(H2,21,23,24);1H. The molecule has 1 aromatic rings. The van der Waals surface area contributed by atoms with Crippen LogP contribution in [0.2, 0.25) is 0 Å². The number of halogens is 1. The first-order chi connectivity index (χ1) is 12.7. The minimum Gasteiger partial charge on any atom is -0.381 e. The summed E-state index contributed by atoms with van der Waals surface area (Å²) in [5.41, 5.74) is 1.23. The first kappa shape index (κ1) is 23.9. The topological polar surface area (TPSA) is 61.8 Å². The van der Waals surface area contributed by atoms with Gasteiger partial charge in [0.1, 0.15) is 5.82 Å². The first-order valence-corrected chi connectivity index (χ1v) is 9.91. The number of nitrogens with one attached hydrogen (secondary N) is 2. The number of rotatable bonds is 9. The van der Waals surface area contributed by atoms with Crippen LogP contribution in [0.3, 0.4) is 0 Å².